The summed E-state index contributed by atoms with van der Waals surface area (Å²) in [7, 11) is 0. The lowest BCUT2D eigenvalue weighted by Crippen LogP contribution is -2.54. The van der Waals surface area contributed by atoms with E-state index < -0.39 is 11.8 Å². The van der Waals surface area contributed by atoms with Crippen LogP contribution in [0.4, 0.5) is 5.69 Å². The smallest absolute Gasteiger partial charge is 0.270 e. The molecule has 0 aromatic heterocycles. The topological polar surface area (TPSA) is 58.6 Å². The van der Waals surface area contributed by atoms with Crippen molar-refractivity contribution in [1.82, 2.24) is 5.32 Å². The zero-order chi connectivity index (χ0) is 20.4. The van der Waals surface area contributed by atoms with Gasteiger partial charge in [-0.15, -0.1) is 0 Å². The predicted molar refractivity (Wildman–Crippen MR) is 114 cm³/mol. The first-order valence-electron chi connectivity index (χ1n) is 9.02. The van der Waals surface area contributed by atoms with Gasteiger partial charge in [0.05, 0.1) is 11.8 Å². The minimum absolute atomic E-state index is 0.00862. The number of aryl methyl sites for hydroxylation is 2. The number of thiocarbonyl (C=S) groups is 1. The van der Waals surface area contributed by atoms with Gasteiger partial charge in [-0.3, -0.25) is 19.8 Å². The van der Waals surface area contributed by atoms with Gasteiger partial charge in [0.2, 0.25) is 0 Å². The summed E-state index contributed by atoms with van der Waals surface area (Å²) >= 11 is 5.29. The zero-order valence-electron chi connectivity index (χ0n) is 16.3. The summed E-state index contributed by atoms with van der Waals surface area (Å²) in [5.41, 5.74) is 3.21. The molecule has 0 saturated carbocycles. The number of benzene rings is 2. The molecule has 0 atom stereocenters. The molecule has 2 amide bonds. The van der Waals surface area contributed by atoms with Crippen molar-refractivity contribution >= 4 is 40.9 Å². The van der Waals surface area contributed by atoms with Crippen molar-refractivity contribution in [1.29, 1.82) is 0 Å². The standard InChI is InChI=1S/C22H22N2O3S/c1-13(2)27-19-8-6-5-7-16(19)12-17-20(25)23-22(28)24(21(17)26)18-11-14(3)9-10-15(18)4/h5-13H,1-4H3,(H,23,25,28)/b17-12+. The van der Waals surface area contributed by atoms with Crippen LogP contribution in [-0.4, -0.2) is 23.0 Å². The summed E-state index contributed by atoms with van der Waals surface area (Å²) < 4.78 is 5.80. The van der Waals surface area contributed by atoms with E-state index in [0.29, 0.717) is 17.0 Å². The number of anilines is 1. The Morgan fingerprint density at radius 2 is 1.82 bits per heavy atom. The van der Waals surface area contributed by atoms with Gasteiger partial charge in [-0.2, -0.15) is 0 Å². The van der Waals surface area contributed by atoms with E-state index >= 15 is 0 Å². The van der Waals surface area contributed by atoms with Crippen molar-refractivity contribution in [3.8, 4) is 5.75 Å². The van der Waals surface area contributed by atoms with Gasteiger partial charge in [-0.1, -0.05) is 30.3 Å². The van der Waals surface area contributed by atoms with Gasteiger partial charge >= 0.3 is 0 Å². The molecule has 144 valence electrons. The Bertz CT molecular complexity index is 995. The van der Waals surface area contributed by atoms with Gasteiger partial charge in [-0.05, 0) is 69.2 Å². The molecule has 1 saturated heterocycles. The van der Waals surface area contributed by atoms with Crippen LogP contribution in [0.3, 0.4) is 0 Å². The van der Waals surface area contributed by atoms with E-state index in [4.69, 9.17) is 17.0 Å². The highest BCUT2D eigenvalue weighted by atomic mass is 32.1. The van der Waals surface area contributed by atoms with Crippen molar-refractivity contribution in [3.05, 3.63) is 64.7 Å². The van der Waals surface area contributed by atoms with Crippen molar-refractivity contribution < 1.29 is 14.3 Å². The van der Waals surface area contributed by atoms with Gasteiger partial charge in [-0.25, -0.2) is 0 Å². The lowest BCUT2D eigenvalue weighted by atomic mass is 10.0. The molecular weight excluding hydrogens is 372 g/mol. The summed E-state index contributed by atoms with van der Waals surface area (Å²) in [6.07, 6.45) is 1.52. The fraction of sp³-hybridized carbons (Fsp3) is 0.227. The molecule has 5 nitrogen and oxygen atoms in total. The Balaban J connectivity index is 2.06. The van der Waals surface area contributed by atoms with E-state index in [1.165, 1.54) is 4.90 Å². The monoisotopic (exact) mass is 394 g/mol. The van der Waals surface area contributed by atoms with Crippen molar-refractivity contribution in [2.75, 3.05) is 4.90 Å². The maximum Gasteiger partial charge on any atom is 0.270 e. The quantitative estimate of drug-likeness (QED) is 0.485. The Kier molecular flexibility index (Phi) is 5.61. The number of hydrogen-bond acceptors (Lipinski definition) is 4. The third-order valence-corrected chi connectivity index (χ3v) is 4.57. The average molecular weight is 394 g/mol. The molecule has 1 aliphatic rings. The molecule has 3 rings (SSSR count). The number of rotatable bonds is 4. The molecule has 2 aromatic rings. The van der Waals surface area contributed by atoms with Crippen molar-refractivity contribution in [2.45, 2.75) is 33.8 Å². The Morgan fingerprint density at radius 3 is 2.54 bits per heavy atom. The molecule has 0 aliphatic carbocycles. The number of nitrogens with zero attached hydrogens (tertiary/aromatic N) is 1. The SMILES string of the molecule is Cc1ccc(C)c(N2C(=O)/C(=C/c3ccccc3OC(C)C)C(=O)NC2=S)c1. The van der Waals surface area contributed by atoms with E-state index in [0.717, 1.165) is 11.1 Å². The molecule has 6 heteroatoms. The molecule has 1 heterocycles. The number of carbonyl (C=O) groups excluding carboxylic acids is 2. The van der Waals surface area contributed by atoms with E-state index in [9.17, 15) is 9.59 Å². The molecule has 0 spiro atoms. The maximum absolute atomic E-state index is 13.2. The van der Waals surface area contributed by atoms with Crippen LogP contribution in [0.2, 0.25) is 0 Å². The molecule has 28 heavy (non-hydrogen) atoms. The number of nitrogens with one attached hydrogen (secondary N) is 1. The second kappa shape index (κ2) is 7.94. The molecule has 1 aliphatic heterocycles. The Labute approximate surface area is 170 Å². The fourth-order valence-corrected chi connectivity index (χ4v) is 3.23. The fourth-order valence-electron chi connectivity index (χ4n) is 2.95. The molecule has 0 radical (unpaired) electrons. The summed E-state index contributed by atoms with van der Waals surface area (Å²) in [5, 5.41) is 2.70. The summed E-state index contributed by atoms with van der Waals surface area (Å²) in [4.78, 5) is 27.1. The second-order valence-electron chi connectivity index (χ2n) is 6.95. The van der Waals surface area contributed by atoms with Crippen LogP contribution in [0.5, 0.6) is 5.75 Å². The van der Waals surface area contributed by atoms with Crippen LogP contribution >= 0.6 is 12.2 Å². The molecule has 0 bridgehead atoms. The number of carbonyl (C=O) groups is 2. The number of amides is 2. The van der Waals surface area contributed by atoms with E-state index in [2.05, 4.69) is 5.32 Å². The van der Waals surface area contributed by atoms with E-state index in [1.807, 2.05) is 64.1 Å². The molecule has 2 aromatic carbocycles. The number of ether oxygens (including phenoxy) is 1. The van der Waals surface area contributed by atoms with Crippen LogP contribution in [0.15, 0.2) is 48.0 Å². The van der Waals surface area contributed by atoms with E-state index in [1.54, 1.807) is 12.1 Å². The van der Waals surface area contributed by atoms with Gasteiger partial charge in [0.25, 0.3) is 11.8 Å². The third kappa shape index (κ3) is 3.97. The lowest BCUT2D eigenvalue weighted by Gasteiger charge is -2.30. The van der Waals surface area contributed by atoms with Crippen LogP contribution in [0.1, 0.15) is 30.5 Å². The van der Waals surface area contributed by atoms with Crippen molar-refractivity contribution in [3.63, 3.8) is 0 Å². The van der Waals surface area contributed by atoms with Crippen LogP contribution in [-0.2, 0) is 9.59 Å². The average Bonchev–Trinajstić information content (AvgIpc) is 2.62. The lowest BCUT2D eigenvalue weighted by molar-refractivity contribution is -0.122. The van der Waals surface area contributed by atoms with Gasteiger partial charge in [0, 0.05) is 5.56 Å². The zero-order valence-corrected chi connectivity index (χ0v) is 17.1. The first kappa shape index (κ1) is 19.8. The third-order valence-electron chi connectivity index (χ3n) is 4.29. The summed E-state index contributed by atoms with van der Waals surface area (Å²) in [6, 6.07) is 13.1. The van der Waals surface area contributed by atoms with Crippen molar-refractivity contribution in [2.24, 2.45) is 0 Å². The second-order valence-corrected chi connectivity index (χ2v) is 7.34. The largest absolute Gasteiger partial charge is 0.490 e. The Hall–Kier alpha value is -2.99. The highest BCUT2D eigenvalue weighted by molar-refractivity contribution is 7.80. The van der Waals surface area contributed by atoms with Gasteiger partial charge < -0.3 is 4.74 Å². The van der Waals surface area contributed by atoms with Crippen LogP contribution in [0, 0.1) is 13.8 Å². The first-order chi connectivity index (χ1) is 13.3. The van der Waals surface area contributed by atoms with Crippen LogP contribution < -0.4 is 15.0 Å². The molecular formula is C22H22N2O3S. The molecule has 1 N–H and O–H groups in total. The summed E-state index contributed by atoms with van der Waals surface area (Å²) in [6.45, 7) is 7.68. The molecule has 1 fully saturated rings. The van der Waals surface area contributed by atoms with E-state index in [-0.39, 0.29) is 16.8 Å². The molecule has 0 unspecified atom stereocenters. The predicted octanol–water partition coefficient (Wildman–Crippen LogP) is 3.92. The normalized spacial score (nSPS) is 16.0. The highest BCUT2D eigenvalue weighted by Gasteiger charge is 2.35. The van der Waals surface area contributed by atoms with Gasteiger partial charge in [0.1, 0.15) is 11.3 Å². The number of hydrogen-bond donors (Lipinski definition) is 1. The minimum Gasteiger partial charge on any atom is -0.490 e. The minimum atomic E-state index is -0.518. The first-order valence-corrected chi connectivity index (χ1v) is 9.43. The number of para-hydroxylation sites is 1. The van der Waals surface area contributed by atoms with Crippen LogP contribution in [0.25, 0.3) is 6.08 Å². The summed E-state index contributed by atoms with van der Waals surface area (Å²) in [5.74, 6) is -0.366. The highest BCUT2D eigenvalue weighted by Crippen LogP contribution is 2.28. The Morgan fingerprint density at radius 1 is 1.11 bits per heavy atom. The maximum atomic E-state index is 13.2. The van der Waals surface area contributed by atoms with Gasteiger partial charge in [0.15, 0.2) is 5.11 Å².